The number of hydrogen-bond donors (Lipinski definition) is 1. The zero-order valence-electron chi connectivity index (χ0n) is 11.9. The number of anilines is 1. The van der Waals surface area contributed by atoms with E-state index >= 15 is 0 Å². The Kier molecular flexibility index (Phi) is 4.26. The van der Waals surface area contributed by atoms with E-state index in [9.17, 15) is 4.79 Å². The molecule has 21 heavy (non-hydrogen) atoms. The van der Waals surface area contributed by atoms with Crippen molar-refractivity contribution in [3.05, 3.63) is 23.5 Å². The van der Waals surface area contributed by atoms with Crippen LogP contribution in [0, 0.1) is 6.92 Å². The molecule has 0 spiro atoms. The summed E-state index contributed by atoms with van der Waals surface area (Å²) in [5, 5.41) is 15.2. The number of nitrogens with one attached hydrogen (secondary N) is 1. The molecule has 3 heterocycles. The Bertz CT molecular complexity index is 596. The van der Waals surface area contributed by atoms with Crippen LogP contribution in [0.15, 0.2) is 17.9 Å². The summed E-state index contributed by atoms with van der Waals surface area (Å²) in [6, 6.07) is 0.365. The van der Waals surface area contributed by atoms with Gasteiger partial charge in [0.15, 0.2) is 0 Å². The van der Waals surface area contributed by atoms with Crippen molar-refractivity contribution in [2.75, 3.05) is 18.4 Å². The SMILES string of the molecule is Cc1cnn(C[C@@H]2CCCN2CC(=O)Nc2nncs2)c1. The van der Waals surface area contributed by atoms with E-state index in [4.69, 9.17) is 0 Å². The minimum atomic E-state index is -0.0321. The molecule has 0 radical (unpaired) electrons. The summed E-state index contributed by atoms with van der Waals surface area (Å²) >= 11 is 1.33. The minimum absolute atomic E-state index is 0.0321. The summed E-state index contributed by atoms with van der Waals surface area (Å²) in [5.41, 5.74) is 2.77. The first-order valence-electron chi connectivity index (χ1n) is 7.00. The van der Waals surface area contributed by atoms with E-state index in [0.29, 0.717) is 17.7 Å². The Labute approximate surface area is 127 Å². The van der Waals surface area contributed by atoms with Crippen LogP contribution in [0.4, 0.5) is 5.13 Å². The summed E-state index contributed by atoms with van der Waals surface area (Å²) in [7, 11) is 0. The highest BCUT2D eigenvalue weighted by Gasteiger charge is 2.26. The number of carbonyl (C=O) groups is 1. The van der Waals surface area contributed by atoms with E-state index in [0.717, 1.165) is 31.5 Å². The lowest BCUT2D eigenvalue weighted by atomic mass is 10.2. The van der Waals surface area contributed by atoms with Gasteiger partial charge in [-0.05, 0) is 31.9 Å². The van der Waals surface area contributed by atoms with Gasteiger partial charge in [-0.2, -0.15) is 5.10 Å². The molecule has 1 fully saturated rings. The molecule has 2 aromatic rings. The largest absolute Gasteiger partial charge is 0.299 e. The van der Waals surface area contributed by atoms with Crippen LogP contribution in [0.25, 0.3) is 0 Å². The van der Waals surface area contributed by atoms with Crippen molar-refractivity contribution in [2.24, 2.45) is 0 Å². The molecule has 7 nitrogen and oxygen atoms in total. The van der Waals surface area contributed by atoms with E-state index in [-0.39, 0.29) is 5.91 Å². The predicted octanol–water partition coefficient (Wildman–Crippen LogP) is 1.15. The number of aryl methyl sites for hydroxylation is 1. The summed E-state index contributed by atoms with van der Waals surface area (Å²) in [6.45, 7) is 4.21. The third-order valence-corrected chi connectivity index (χ3v) is 4.22. The van der Waals surface area contributed by atoms with Crippen molar-refractivity contribution in [3.63, 3.8) is 0 Å². The van der Waals surface area contributed by atoms with Gasteiger partial charge in [0.05, 0.1) is 19.3 Å². The third-order valence-electron chi connectivity index (χ3n) is 3.61. The molecule has 0 aromatic carbocycles. The lowest BCUT2D eigenvalue weighted by Crippen LogP contribution is -2.39. The highest BCUT2D eigenvalue weighted by atomic mass is 32.1. The molecule has 0 aliphatic carbocycles. The number of aromatic nitrogens is 4. The van der Waals surface area contributed by atoms with Crippen molar-refractivity contribution < 1.29 is 4.79 Å². The standard InChI is InChI=1S/C13H18N6OS/c1-10-5-15-19(6-10)7-11-3-2-4-18(11)8-12(20)16-13-17-14-9-21-13/h5-6,9,11H,2-4,7-8H2,1H3,(H,16,17,20)/t11-/m0/s1. The molecule has 112 valence electrons. The molecule has 2 aromatic heterocycles. The fraction of sp³-hybridized carbons (Fsp3) is 0.538. The molecule has 1 N–H and O–H groups in total. The fourth-order valence-electron chi connectivity index (χ4n) is 2.66. The zero-order valence-corrected chi connectivity index (χ0v) is 12.7. The van der Waals surface area contributed by atoms with Gasteiger partial charge in [0.25, 0.3) is 0 Å². The molecule has 0 bridgehead atoms. The van der Waals surface area contributed by atoms with Crippen LogP contribution in [-0.2, 0) is 11.3 Å². The monoisotopic (exact) mass is 306 g/mol. The topological polar surface area (TPSA) is 75.9 Å². The molecule has 0 unspecified atom stereocenters. The van der Waals surface area contributed by atoms with Gasteiger partial charge in [0, 0.05) is 12.2 Å². The first-order valence-corrected chi connectivity index (χ1v) is 7.88. The van der Waals surface area contributed by atoms with E-state index in [1.807, 2.05) is 24.0 Å². The van der Waals surface area contributed by atoms with E-state index in [1.165, 1.54) is 11.3 Å². The van der Waals surface area contributed by atoms with Gasteiger partial charge in [-0.3, -0.25) is 19.7 Å². The van der Waals surface area contributed by atoms with Gasteiger partial charge in [0.1, 0.15) is 5.51 Å². The lowest BCUT2D eigenvalue weighted by molar-refractivity contribution is -0.117. The summed E-state index contributed by atoms with van der Waals surface area (Å²) in [4.78, 5) is 14.2. The van der Waals surface area contributed by atoms with E-state index in [2.05, 4.69) is 25.5 Å². The maximum Gasteiger partial charge on any atom is 0.240 e. The van der Waals surface area contributed by atoms with Crippen LogP contribution in [0.2, 0.25) is 0 Å². The highest BCUT2D eigenvalue weighted by Crippen LogP contribution is 2.19. The Morgan fingerprint density at radius 1 is 1.57 bits per heavy atom. The maximum absolute atomic E-state index is 12.0. The summed E-state index contributed by atoms with van der Waals surface area (Å²) in [5.74, 6) is -0.0321. The number of carbonyl (C=O) groups excluding carboxylic acids is 1. The number of amides is 1. The van der Waals surface area contributed by atoms with E-state index < -0.39 is 0 Å². The van der Waals surface area contributed by atoms with Gasteiger partial charge in [-0.15, -0.1) is 10.2 Å². The van der Waals surface area contributed by atoms with Crippen molar-refractivity contribution >= 4 is 22.4 Å². The van der Waals surface area contributed by atoms with Crippen LogP contribution in [0.5, 0.6) is 0 Å². The second kappa shape index (κ2) is 6.31. The highest BCUT2D eigenvalue weighted by molar-refractivity contribution is 7.13. The van der Waals surface area contributed by atoms with Crippen LogP contribution in [0.1, 0.15) is 18.4 Å². The molecule has 0 saturated carbocycles. The smallest absolute Gasteiger partial charge is 0.240 e. The quantitative estimate of drug-likeness (QED) is 0.896. The Balaban J connectivity index is 1.55. The molecule has 1 aliphatic rings. The summed E-state index contributed by atoms with van der Waals surface area (Å²) < 4.78 is 1.96. The van der Waals surface area contributed by atoms with Gasteiger partial charge in [-0.1, -0.05) is 11.3 Å². The second-order valence-electron chi connectivity index (χ2n) is 5.30. The molecular weight excluding hydrogens is 288 g/mol. The third kappa shape index (κ3) is 3.64. The minimum Gasteiger partial charge on any atom is -0.299 e. The van der Waals surface area contributed by atoms with Gasteiger partial charge in [-0.25, -0.2) is 0 Å². The van der Waals surface area contributed by atoms with Crippen LogP contribution >= 0.6 is 11.3 Å². The molecule has 1 atom stereocenters. The van der Waals surface area contributed by atoms with Crippen molar-refractivity contribution in [1.29, 1.82) is 0 Å². The van der Waals surface area contributed by atoms with Crippen molar-refractivity contribution in [2.45, 2.75) is 32.4 Å². The first kappa shape index (κ1) is 14.2. The van der Waals surface area contributed by atoms with Gasteiger partial charge >= 0.3 is 0 Å². The van der Waals surface area contributed by atoms with Crippen molar-refractivity contribution in [3.8, 4) is 0 Å². The van der Waals surface area contributed by atoms with Gasteiger partial charge in [0.2, 0.25) is 11.0 Å². The molecule has 8 heteroatoms. The van der Waals surface area contributed by atoms with Crippen LogP contribution in [0.3, 0.4) is 0 Å². The second-order valence-corrected chi connectivity index (χ2v) is 6.13. The molecular formula is C13H18N6OS. The molecule has 1 amide bonds. The number of rotatable bonds is 5. The maximum atomic E-state index is 12.0. The zero-order chi connectivity index (χ0) is 14.7. The first-order chi connectivity index (χ1) is 10.2. The lowest BCUT2D eigenvalue weighted by Gasteiger charge is -2.23. The van der Waals surface area contributed by atoms with E-state index in [1.54, 1.807) is 5.51 Å². The number of hydrogen-bond acceptors (Lipinski definition) is 6. The number of likely N-dealkylation sites (tertiary alicyclic amines) is 1. The Hall–Kier alpha value is -1.80. The fourth-order valence-corrected chi connectivity index (χ4v) is 3.12. The number of nitrogens with zero attached hydrogens (tertiary/aromatic N) is 5. The summed E-state index contributed by atoms with van der Waals surface area (Å²) in [6.07, 6.45) is 6.13. The van der Waals surface area contributed by atoms with Gasteiger partial charge < -0.3 is 0 Å². The predicted molar refractivity (Wildman–Crippen MR) is 80.1 cm³/mol. The Morgan fingerprint density at radius 2 is 2.48 bits per heavy atom. The van der Waals surface area contributed by atoms with Crippen LogP contribution < -0.4 is 5.32 Å². The molecule has 1 saturated heterocycles. The van der Waals surface area contributed by atoms with Crippen LogP contribution in [-0.4, -0.2) is 49.9 Å². The Morgan fingerprint density at radius 3 is 3.19 bits per heavy atom. The molecule has 3 rings (SSSR count). The average molecular weight is 306 g/mol. The average Bonchev–Trinajstić information content (AvgIpc) is 3.15. The molecule has 1 aliphatic heterocycles. The van der Waals surface area contributed by atoms with Crippen molar-refractivity contribution in [1.82, 2.24) is 24.9 Å². The normalized spacial score (nSPS) is 19.0.